The first kappa shape index (κ1) is 16.6. The molecular formula is C17H22ClN3O. The zero-order valence-electron chi connectivity index (χ0n) is 13.0. The van der Waals surface area contributed by atoms with E-state index in [1.54, 1.807) is 24.5 Å². The second kappa shape index (κ2) is 6.97. The van der Waals surface area contributed by atoms with Gasteiger partial charge < -0.3 is 9.88 Å². The lowest BCUT2D eigenvalue weighted by atomic mass is 10.1. The second-order valence-corrected chi connectivity index (χ2v) is 5.74. The van der Waals surface area contributed by atoms with Crippen molar-refractivity contribution >= 4 is 18.3 Å². The minimum atomic E-state index is -0.0339. The first-order valence-electron chi connectivity index (χ1n) is 7.52. The van der Waals surface area contributed by atoms with Gasteiger partial charge in [-0.3, -0.25) is 9.78 Å². The van der Waals surface area contributed by atoms with Crippen molar-refractivity contribution in [1.82, 2.24) is 14.9 Å². The summed E-state index contributed by atoms with van der Waals surface area (Å²) < 4.78 is 2.44. The molecule has 0 unspecified atom stereocenters. The Balaban J connectivity index is 0.00000176. The molecule has 0 aromatic carbocycles. The summed E-state index contributed by atoms with van der Waals surface area (Å²) in [6.45, 7) is 5.02. The van der Waals surface area contributed by atoms with Crippen LogP contribution in [0.1, 0.15) is 46.2 Å². The standard InChI is InChI=1S/C17H21N3O.ClH/c1-12-11-15(13(2)20(12)16-3-4-16)7-10-19-17(21)14-5-8-18-9-6-14;/h5-6,8-9,11,16H,3-4,7,10H2,1-2H3,(H,19,21);1H. The maximum atomic E-state index is 12.0. The fourth-order valence-corrected chi connectivity index (χ4v) is 2.91. The fourth-order valence-electron chi connectivity index (χ4n) is 2.91. The van der Waals surface area contributed by atoms with Crippen molar-refractivity contribution in [3.05, 3.63) is 53.1 Å². The Morgan fingerprint density at radius 2 is 2.00 bits per heavy atom. The smallest absolute Gasteiger partial charge is 0.251 e. The van der Waals surface area contributed by atoms with Crippen LogP contribution in [-0.2, 0) is 6.42 Å². The summed E-state index contributed by atoms with van der Waals surface area (Å²) in [5.41, 5.74) is 4.70. The quantitative estimate of drug-likeness (QED) is 0.919. The van der Waals surface area contributed by atoms with Crippen LogP contribution >= 0.6 is 12.4 Å². The number of hydrogen-bond donors (Lipinski definition) is 1. The van der Waals surface area contributed by atoms with Crippen LogP contribution in [0.15, 0.2) is 30.6 Å². The second-order valence-electron chi connectivity index (χ2n) is 5.74. The topological polar surface area (TPSA) is 46.9 Å². The summed E-state index contributed by atoms with van der Waals surface area (Å²) in [5.74, 6) is -0.0339. The molecule has 4 nitrogen and oxygen atoms in total. The number of nitrogens with one attached hydrogen (secondary N) is 1. The Morgan fingerprint density at radius 1 is 1.32 bits per heavy atom. The number of rotatable bonds is 5. The normalized spacial score (nSPS) is 13.5. The first-order valence-corrected chi connectivity index (χ1v) is 7.52. The molecule has 1 fully saturated rings. The van der Waals surface area contributed by atoms with Gasteiger partial charge in [-0.05, 0) is 56.9 Å². The van der Waals surface area contributed by atoms with Gasteiger partial charge in [0.05, 0.1) is 0 Å². The molecule has 0 spiro atoms. The summed E-state index contributed by atoms with van der Waals surface area (Å²) in [5, 5.41) is 2.97. The molecule has 5 heteroatoms. The van der Waals surface area contributed by atoms with Crippen molar-refractivity contribution in [2.24, 2.45) is 0 Å². The van der Waals surface area contributed by atoms with E-state index in [9.17, 15) is 4.79 Å². The summed E-state index contributed by atoms with van der Waals surface area (Å²) in [4.78, 5) is 15.9. The van der Waals surface area contributed by atoms with Gasteiger partial charge in [0.15, 0.2) is 0 Å². The number of aromatic nitrogens is 2. The van der Waals surface area contributed by atoms with E-state index < -0.39 is 0 Å². The highest BCUT2D eigenvalue weighted by Crippen LogP contribution is 2.38. The summed E-state index contributed by atoms with van der Waals surface area (Å²) in [7, 11) is 0. The number of nitrogens with zero attached hydrogens (tertiary/aromatic N) is 2. The zero-order valence-corrected chi connectivity index (χ0v) is 13.8. The van der Waals surface area contributed by atoms with Crippen LogP contribution in [0.2, 0.25) is 0 Å². The van der Waals surface area contributed by atoms with E-state index in [0.717, 1.165) is 6.42 Å². The van der Waals surface area contributed by atoms with Gasteiger partial charge in [0.2, 0.25) is 0 Å². The highest BCUT2D eigenvalue weighted by atomic mass is 35.5. The van der Waals surface area contributed by atoms with Gasteiger partial charge in [0, 0.05) is 41.9 Å². The molecule has 1 aliphatic carbocycles. The van der Waals surface area contributed by atoms with Crippen LogP contribution in [0.5, 0.6) is 0 Å². The molecule has 2 aromatic rings. The summed E-state index contributed by atoms with van der Waals surface area (Å²) >= 11 is 0. The van der Waals surface area contributed by atoms with Gasteiger partial charge in [-0.25, -0.2) is 0 Å². The van der Waals surface area contributed by atoms with E-state index in [1.807, 2.05) is 0 Å². The van der Waals surface area contributed by atoms with E-state index in [0.29, 0.717) is 18.2 Å². The molecule has 0 radical (unpaired) electrons. The lowest BCUT2D eigenvalue weighted by molar-refractivity contribution is 0.0954. The van der Waals surface area contributed by atoms with E-state index in [-0.39, 0.29) is 18.3 Å². The molecular weight excluding hydrogens is 298 g/mol. The molecule has 2 heterocycles. The summed E-state index contributed by atoms with van der Waals surface area (Å²) in [6.07, 6.45) is 6.75. The predicted molar refractivity (Wildman–Crippen MR) is 89.7 cm³/mol. The number of halogens is 1. The van der Waals surface area contributed by atoms with E-state index >= 15 is 0 Å². The van der Waals surface area contributed by atoms with E-state index in [4.69, 9.17) is 0 Å². The van der Waals surface area contributed by atoms with E-state index in [1.165, 1.54) is 29.8 Å². The number of hydrogen-bond acceptors (Lipinski definition) is 2. The predicted octanol–water partition coefficient (Wildman–Crippen LogP) is 3.23. The number of pyridine rings is 1. The Morgan fingerprint density at radius 3 is 2.64 bits per heavy atom. The third-order valence-corrected chi connectivity index (χ3v) is 4.12. The van der Waals surface area contributed by atoms with Crippen LogP contribution < -0.4 is 5.32 Å². The van der Waals surface area contributed by atoms with Crippen LogP contribution in [0, 0.1) is 13.8 Å². The Labute approximate surface area is 137 Å². The van der Waals surface area contributed by atoms with Gasteiger partial charge in [-0.1, -0.05) is 0 Å². The van der Waals surface area contributed by atoms with Crippen molar-refractivity contribution in [1.29, 1.82) is 0 Å². The molecule has 22 heavy (non-hydrogen) atoms. The number of aryl methyl sites for hydroxylation is 1. The fraction of sp³-hybridized carbons (Fsp3) is 0.412. The van der Waals surface area contributed by atoms with Crippen LogP contribution in [0.25, 0.3) is 0 Å². The molecule has 1 aliphatic rings. The van der Waals surface area contributed by atoms with Crippen molar-refractivity contribution in [3.63, 3.8) is 0 Å². The molecule has 0 bridgehead atoms. The lowest BCUT2D eigenvalue weighted by Gasteiger charge is -2.08. The summed E-state index contributed by atoms with van der Waals surface area (Å²) in [6, 6.07) is 6.43. The van der Waals surface area contributed by atoms with Crippen molar-refractivity contribution in [2.45, 2.75) is 39.2 Å². The zero-order chi connectivity index (χ0) is 14.8. The molecule has 1 saturated carbocycles. The Hall–Kier alpha value is -1.81. The number of carbonyl (C=O) groups is 1. The van der Waals surface area contributed by atoms with Gasteiger partial charge in [0.25, 0.3) is 5.91 Å². The van der Waals surface area contributed by atoms with Crippen molar-refractivity contribution in [2.75, 3.05) is 6.54 Å². The minimum Gasteiger partial charge on any atom is -0.352 e. The van der Waals surface area contributed by atoms with E-state index in [2.05, 4.69) is 34.8 Å². The maximum Gasteiger partial charge on any atom is 0.251 e. The Bertz CT molecular complexity index is 647. The third kappa shape index (κ3) is 3.50. The molecule has 2 aromatic heterocycles. The minimum absolute atomic E-state index is 0. The van der Waals surface area contributed by atoms with Crippen molar-refractivity contribution in [3.8, 4) is 0 Å². The van der Waals surface area contributed by atoms with Gasteiger partial charge in [-0.2, -0.15) is 0 Å². The monoisotopic (exact) mass is 319 g/mol. The maximum absolute atomic E-state index is 12.0. The third-order valence-electron chi connectivity index (χ3n) is 4.12. The molecule has 0 atom stereocenters. The first-order chi connectivity index (χ1) is 10.2. The molecule has 1 amide bonds. The van der Waals surface area contributed by atoms with Crippen molar-refractivity contribution < 1.29 is 4.79 Å². The van der Waals surface area contributed by atoms with Crippen LogP contribution in [0.3, 0.4) is 0 Å². The SMILES string of the molecule is Cc1cc(CCNC(=O)c2ccncc2)c(C)n1C1CC1.Cl. The van der Waals surface area contributed by atoms with Gasteiger partial charge in [-0.15, -0.1) is 12.4 Å². The number of amides is 1. The highest BCUT2D eigenvalue weighted by Gasteiger charge is 2.26. The average Bonchev–Trinajstić information content (AvgIpc) is 3.27. The number of carbonyl (C=O) groups excluding carboxylic acids is 1. The lowest BCUT2D eigenvalue weighted by Crippen LogP contribution is -2.25. The van der Waals surface area contributed by atoms with Crippen LogP contribution in [-0.4, -0.2) is 22.0 Å². The molecule has 3 rings (SSSR count). The highest BCUT2D eigenvalue weighted by molar-refractivity contribution is 5.93. The van der Waals surface area contributed by atoms with Gasteiger partial charge >= 0.3 is 0 Å². The molecule has 118 valence electrons. The molecule has 1 N–H and O–H groups in total. The van der Waals surface area contributed by atoms with Gasteiger partial charge in [0.1, 0.15) is 0 Å². The molecule has 0 aliphatic heterocycles. The largest absolute Gasteiger partial charge is 0.352 e. The molecule has 0 saturated heterocycles. The average molecular weight is 320 g/mol. The van der Waals surface area contributed by atoms with Crippen LogP contribution in [0.4, 0.5) is 0 Å². The Kier molecular flexibility index (Phi) is 5.24.